The zero-order valence-corrected chi connectivity index (χ0v) is 17.8. The van der Waals surface area contributed by atoms with E-state index in [1.54, 1.807) is 23.9 Å². The van der Waals surface area contributed by atoms with Gasteiger partial charge in [-0.1, -0.05) is 72.4 Å². The minimum atomic E-state index is -0.467. The second-order valence-corrected chi connectivity index (χ2v) is 8.91. The summed E-state index contributed by atoms with van der Waals surface area (Å²) in [6.45, 7) is 0. The van der Waals surface area contributed by atoms with Crippen LogP contribution in [0.15, 0.2) is 92.9 Å². The van der Waals surface area contributed by atoms with E-state index in [1.165, 1.54) is 22.3 Å². The number of carbonyl (C=O) groups excluding carboxylic acids is 1. The van der Waals surface area contributed by atoms with Gasteiger partial charge in [0.15, 0.2) is 10.2 Å². The number of furan rings is 1. The van der Waals surface area contributed by atoms with Crippen LogP contribution < -0.4 is 0 Å². The molecule has 1 aromatic heterocycles. The van der Waals surface area contributed by atoms with E-state index < -0.39 is 5.91 Å². The first-order chi connectivity index (χ1) is 15.2. The van der Waals surface area contributed by atoms with Crippen molar-refractivity contribution < 1.29 is 9.21 Å². The fourth-order valence-electron chi connectivity index (χ4n) is 3.08. The zero-order valence-electron chi connectivity index (χ0n) is 16.2. The van der Waals surface area contributed by atoms with Gasteiger partial charge in [-0.05, 0) is 35.5 Å². The number of rotatable bonds is 4. The predicted octanol–water partition coefficient (Wildman–Crippen LogP) is 5.46. The van der Waals surface area contributed by atoms with Gasteiger partial charge in [0.25, 0.3) is 5.91 Å². The molecule has 0 fully saturated rings. The maximum absolute atomic E-state index is 12.6. The normalized spacial score (nSPS) is 17.0. The molecule has 0 atom stereocenters. The molecule has 3 aromatic rings. The lowest BCUT2D eigenvalue weighted by Gasteiger charge is -2.19. The summed E-state index contributed by atoms with van der Waals surface area (Å²) in [5, 5.41) is 14.8. The van der Waals surface area contributed by atoms with Crippen LogP contribution in [0.3, 0.4) is 0 Å². The van der Waals surface area contributed by atoms with Crippen molar-refractivity contribution >= 4 is 50.9 Å². The largest absolute Gasteiger partial charge is 0.457 e. The minimum Gasteiger partial charge on any atom is -0.457 e. The number of fused-ring (bicyclic) bond motifs is 1. The number of aliphatic imine (C=N–C) groups is 1. The topological polar surface area (TPSA) is 82.0 Å². The number of amidine groups is 2. The molecule has 0 saturated carbocycles. The number of carbonyl (C=O) groups is 1. The number of nitrogens with one attached hydrogen (secondary N) is 1. The van der Waals surface area contributed by atoms with Gasteiger partial charge in [0.05, 0.1) is 5.57 Å². The summed E-state index contributed by atoms with van der Waals surface area (Å²) >= 11 is 2.86. The Kier molecular flexibility index (Phi) is 5.31. The molecule has 6 nitrogen and oxygen atoms in total. The van der Waals surface area contributed by atoms with Gasteiger partial charge in [-0.2, -0.15) is 10.0 Å². The molecule has 0 saturated heterocycles. The van der Waals surface area contributed by atoms with Gasteiger partial charge >= 0.3 is 0 Å². The molecule has 2 aliphatic heterocycles. The van der Waals surface area contributed by atoms with Gasteiger partial charge in [-0.3, -0.25) is 10.2 Å². The Balaban J connectivity index is 1.35. The van der Waals surface area contributed by atoms with E-state index >= 15 is 0 Å². The van der Waals surface area contributed by atoms with Crippen LogP contribution in [0.25, 0.3) is 17.4 Å². The monoisotopic (exact) mass is 444 g/mol. The van der Waals surface area contributed by atoms with E-state index in [0.717, 1.165) is 15.7 Å². The molecule has 1 amide bonds. The molecule has 8 heteroatoms. The highest BCUT2D eigenvalue weighted by Gasteiger charge is 2.36. The van der Waals surface area contributed by atoms with E-state index in [9.17, 15) is 4.79 Å². The summed E-state index contributed by atoms with van der Waals surface area (Å²) < 4.78 is 6.61. The lowest BCUT2D eigenvalue weighted by molar-refractivity contribution is -0.114. The van der Waals surface area contributed by atoms with Crippen molar-refractivity contribution in [1.82, 2.24) is 5.01 Å². The molecule has 0 spiro atoms. The fraction of sp³-hybridized carbons (Fsp3) is 0.0435. The van der Waals surface area contributed by atoms with Gasteiger partial charge < -0.3 is 4.42 Å². The van der Waals surface area contributed by atoms with Gasteiger partial charge in [-0.25, -0.2) is 0 Å². The van der Waals surface area contributed by atoms with E-state index in [2.05, 4.69) is 22.2 Å². The highest BCUT2D eigenvalue weighted by Crippen LogP contribution is 2.34. The van der Waals surface area contributed by atoms with Crippen LogP contribution in [0.5, 0.6) is 0 Å². The quantitative estimate of drug-likeness (QED) is 0.541. The Morgan fingerprint density at radius 2 is 1.77 bits per heavy atom. The summed E-state index contributed by atoms with van der Waals surface area (Å²) in [7, 11) is 0. The van der Waals surface area contributed by atoms with Crippen molar-refractivity contribution in [3.05, 3.63) is 89.7 Å². The number of hydrazone groups is 1. The van der Waals surface area contributed by atoms with Crippen molar-refractivity contribution in [2.24, 2.45) is 10.1 Å². The third-order valence-electron chi connectivity index (χ3n) is 4.61. The Hall–Kier alpha value is -3.36. The number of hydrogen-bond donors (Lipinski definition) is 1. The third kappa shape index (κ3) is 4.12. The average Bonchev–Trinajstić information content (AvgIpc) is 3.44. The SMILES string of the molecule is N=C1/C(=C/c2ccc(-c3ccccc3)o2)C(=O)N=C2SC(SCc3ccccc3)=NN12. The lowest BCUT2D eigenvalue weighted by atomic mass is 10.1. The van der Waals surface area contributed by atoms with Crippen LogP contribution >= 0.6 is 23.5 Å². The number of nitrogens with zero attached hydrogens (tertiary/aromatic N) is 3. The molecule has 152 valence electrons. The van der Waals surface area contributed by atoms with Crippen LogP contribution in [0.4, 0.5) is 0 Å². The molecule has 2 aliphatic rings. The summed E-state index contributed by atoms with van der Waals surface area (Å²) in [5.74, 6) is 1.47. The number of amides is 1. The van der Waals surface area contributed by atoms with Crippen molar-refractivity contribution in [2.45, 2.75) is 5.75 Å². The summed E-state index contributed by atoms with van der Waals surface area (Å²) in [5.41, 5.74) is 2.27. The first-order valence-corrected chi connectivity index (χ1v) is 11.3. The molecule has 3 heterocycles. The molecule has 1 N–H and O–H groups in total. The van der Waals surface area contributed by atoms with Crippen LogP contribution in [0, 0.1) is 5.41 Å². The zero-order chi connectivity index (χ0) is 21.2. The molecule has 31 heavy (non-hydrogen) atoms. The number of benzene rings is 2. The van der Waals surface area contributed by atoms with Crippen LogP contribution in [-0.2, 0) is 10.5 Å². The van der Waals surface area contributed by atoms with Gasteiger partial charge in [-0.15, -0.1) is 5.10 Å². The Bertz CT molecular complexity index is 1250. The van der Waals surface area contributed by atoms with Crippen molar-refractivity contribution in [3.63, 3.8) is 0 Å². The second-order valence-electron chi connectivity index (χ2n) is 6.73. The molecule has 0 aliphatic carbocycles. The maximum atomic E-state index is 12.6. The highest BCUT2D eigenvalue weighted by molar-refractivity contribution is 8.45. The van der Waals surface area contributed by atoms with Crippen molar-refractivity contribution in [1.29, 1.82) is 5.41 Å². The first kappa shape index (κ1) is 19.6. The smallest absolute Gasteiger partial charge is 0.283 e. The Morgan fingerprint density at radius 1 is 1.03 bits per heavy atom. The van der Waals surface area contributed by atoms with Gasteiger partial charge in [0.2, 0.25) is 5.17 Å². The predicted molar refractivity (Wildman–Crippen MR) is 127 cm³/mol. The van der Waals surface area contributed by atoms with Crippen LogP contribution in [-0.4, -0.2) is 26.3 Å². The third-order valence-corrected chi connectivity index (χ3v) is 6.73. The second kappa shape index (κ2) is 8.41. The van der Waals surface area contributed by atoms with Crippen LogP contribution in [0.2, 0.25) is 0 Å². The number of thioether (sulfide) groups is 2. The fourth-order valence-corrected chi connectivity index (χ4v) is 4.97. The average molecular weight is 445 g/mol. The first-order valence-electron chi connectivity index (χ1n) is 9.49. The van der Waals surface area contributed by atoms with E-state index in [-0.39, 0.29) is 11.4 Å². The summed E-state index contributed by atoms with van der Waals surface area (Å²) in [6, 6.07) is 23.4. The molecule has 0 bridgehead atoms. The van der Waals surface area contributed by atoms with Crippen molar-refractivity contribution in [2.75, 3.05) is 0 Å². The molecule has 2 aromatic carbocycles. The van der Waals surface area contributed by atoms with E-state index in [1.807, 2.05) is 54.6 Å². The molecular formula is C23H16N4O2S2. The number of hydrogen-bond acceptors (Lipinski definition) is 6. The highest BCUT2D eigenvalue weighted by atomic mass is 32.2. The minimum absolute atomic E-state index is 0.00419. The Labute approximate surface area is 187 Å². The lowest BCUT2D eigenvalue weighted by Crippen LogP contribution is -2.35. The Morgan fingerprint density at radius 3 is 2.55 bits per heavy atom. The van der Waals surface area contributed by atoms with E-state index in [0.29, 0.717) is 16.7 Å². The molecule has 0 unspecified atom stereocenters. The summed E-state index contributed by atoms with van der Waals surface area (Å²) in [6.07, 6.45) is 1.55. The molecular weight excluding hydrogens is 428 g/mol. The van der Waals surface area contributed by atoms with Gasteiger partial charge in [0.1, 0.15) is 11.5 Å². The van der Waals surface area contributed by atoms with Gasteiger partial charge in [0, 0.05) is 11.3 Å². The summed E-state index contributed by atoms with van der Waals surface area (Å²) in [4.78, 5) is 16.7. The molecule has 0 radical (unpaired) electrons. The van der Waals surface area contributed by atoms with Crippen molar-refractivity contribution in [3.8, 4) is 11.3 Å². The standard InChI is InChI=1S/C23H16N4O2S2/c24-20-18(13-17-11-12-19(29-17)16-9-5-2-6-10-16)21(28)25-22-27(20)26-23(31-22)30-14-15-7-3-1-4-8-15/h1-13,24H,14H2/b18-13-,24-20?. The van der Waals surface area contributed by atoms with Crippen LogP contribution in [0.1, 0.15) is 11.3 Å². The maximum Gasteiger partial charge on any atom is 0.283 e. The van der Waals surface area contributed by atoms with E-state index in [4.69, 9.17) is 9.83 Å². The molecule has 5 rings (SSSR count).